The number of non-ortho nitro benzene ring substituents is 1. The first-order valence-corrected chi connectivity index (χ1v) is 13.4. The SMILES string of the molecule is CN(C)Cc1c(-c2ccc([N+](=O)[O-])cc2)sc2c1c(=O)n(-c1ccc3ncnn3c1)c(=O)n2Cc1c(F)cccc1F. The van der Waals surface area contributed by atoms with Crippen molar-refractivity contribution in [1.29, 1.82) is 0 Å². The van der Waals surface area contributed by atoms with E-state index in [9.17, 15) is 28.5 Å². The second kappa shape index (κ2) is 10.4. The molecule has 212 valence electrons. The van der Waals surface area contributed by atoms with E-state index in [1.54, 1.807) is 24.3 Å². The van der Waals surface area contributed by atoms with E-state index in [0.717, 1.165) is 28.0 Å². The summed E-state index contributed by atoms with van der Waals surface area (Å²) >= 11 is 1.11. The largest absolute Gasteiger partial charge is 0.337 e. The Balaban J connectivity index is 1.71. The molecule has 42 heavy (non-hydrogen) atoms. The zero-order valence-corrected chi connectivity index (χ0v) is 23.0. The molecular formula is C28H21F2N7O4S. The quantitative estimate of drug-likeness (QED) is 0.202. The Bertz CT molecular complexity index is 2110. The summed E-state index contributed by atoms with van der Waals surface area (Å²) in [7, 11) is 3.62. The van der Waals surface area contributed by atoms with Gasteiger partial charge in [0.15, 0.2) is 5.65 Å². The van der Waals surface area contributed by atoms with E-state index in [0.29, 0.717) is 21.7 Å². The minimum Gasteiger partial charge on any atom is -0.305 e. The Morgan fingerprint density at radius 1 is 1.00 bits per heavy atom. The van der Waals surface area contributed by atoms with Gasteiger partial charge in [-0.2, -0.15) is 5.10 Å². The van der Waals surface area contributed by atoms with Crippen LogP contribution in [0, 0.1) is 21.7 Å². The van der Waals surface area contributed by atoms with Crippen molar-refractivity contribution in [2.45, 2.75) is 13.1 Å². The third-order valence-corrected chi connectivity index (χ3v) is 8.09. The summed E-state index contributed by atoms with van der Waals surface area (Å²) in [5.74, 6) is -1.67. The highest BCUT2D eigenvalue weighted by atomic mass is 32.1. The van der Waals surface area contributed by atoms with Crippen molar-refractivity contribution >= 4 is 32.9 Å². The lowest BCUT2D eigenvalue weighted by Crippen LogP contribution is -2.39. The number of hydrogen-bond donors (Lipinski definition) is 0. The number of pyridine rings is 1. The van der Waals surface area contributed by atoms with E-state index in [-0.39, 0.29) is 33.7 Å². The fraction of sp³-hybridized carbons (Fsp3) is 0.143. The molecule has 0 aliphatic heterocycles. The van der Waals surface area contributed by atoms with E-state index in [2.05, 4.69) is 10.1 Å². The molecule has 4 aromatic heterocycles. The predicted molar refractivity (Wildman–Crippen MR) is 153 cm³/mol. The monoisotopic (exact) mass is 589 g/mol. The van der Waals surface area contributed by atoms with Gasteiger partial charge < -0.3 is 4.90 Å². The summed E-state index contributed by atoms with van der Waals surface area (Å²) in [5, 5.41) is 15.5. The van der Waals surface area contributed by atoms with Gasteiger partial charge in [-0.25, -0.2) is 27.6 Å². The topological polar surface area (TPSA) is 121 Å². The van der Waals surface area contributed by atoms with Crippen molar-refractivity contribution in [3.63, 3.8) is 0 Å². The molecule has 0 bridgehead atoms. The molecule has 6 rings (SSSR count). The zero-order valence-electron chi connectivity index (χ0n) is 22.2. The molecule has 0 amide bonds. The van der Waals surface area contributed by atoms with Crippen molar-refractivity contribution in [2.24, 2.45) is 0 Å². The van der Waals surface area contributed by atoms with Crippen LogP contribution in [-0.4, -0.2) is 47.7 Å². The molecule has 4 heterocycles. The Hall–Kier alpha value is -5.08. The number of nitro benzene ring substituents is 1. The maximum Gasteiger partial charge on any atom is 0.337 e. The smallest absolute Gasteiger partial charge is 0.305 e. The number of fused-ring (bicyclic) bond motifs is 2. The van der Waals surface area contributed by atoms with Crippen LogP contribution in [0.5, 0.6) is 0 Å². The lowest BCUT2D eigenvalue weighted by molar-refractivity contribution is -0.384. The lowest BCUT2D eigenvalue weighted by Gasteiger charge is -2.15. The first kappa shape index (κ1) is 27.1. The van der Waals surface area contributed by atoms with Gasteiger partial charge in [-0.1, -0.05) is 6.07 Å². The van der Waals surface area contributed by atoms with Crippen molar-refractivity contribution in [1.82, 2.24) is 28.6 Å². The van der Waals surface area contributed by atoms with Crippen LogP contribution in [-0.2, 0) is 13.1 Å². The number of thiophene rings is 1. The standard InChI is InChI=1S/C28H21F2N7O4S/c1-33(2)13-20-24-26(38)36(18-10-11-23-31-15-32-35(23)12-18)28(39)34(14-19-21(29)4-3-5-22(19)30)27(24)42-25(20)16-6-8-17(9-7-16)37(40)41/h3-12,15H,13-14H2,1-2H3. The van der Waals surface area contributed by atoms with Gasteiger partial charge >= 0.3 is 5.69 Å². The van der Waals surface area contributed by atoms with Crippen molar-refractivity contribution in [2.75, 3.05) is 14.1 Å². The van der Waals surface area contributed by atoms with Gasteiger partial charge in [0.1, 0.15) is 22.8 Å². The number of nitro groups is 1. The number of aromatic nitrogens is 5. The van der Waals surface area contributed by atoms with Crippen molar-refractivity contribution in [3.8, 4) is 16.1 Å². The van der Waals surface area contributed by atoms with Crippen LogP contribution in [0.25, 0.3) is 32.0 Å². The minimum atomic E-state index is -0.836. The summed E-state index contributed by atoms with van der Waals surface area (Å²) < 4.78 is 33.2. The van der Waals surface area contributed by atoms with E-state index in [1.807, 2.05) is 19.0 Å². The molecule has 0 aliphatic rings. The predicted octanol–water partition coefficient (Wildman–Crippen LogP) is 4.22. The fourth-order valence-electron chi connectivity index (χ4n) is 4.85. The highest BCUT2D eigenvalue weighted by Crippen LogP contribution is 2.38. The molecule has 0 radical (unpaired) electrons. The first-order valence-electron chi connectivity index (χ1n) is 12.6. The van der Waals surface area contributed by atoms with Crippen LogP contribution in [0.4, 0.5) is 14.5 Å². The molecule has 0 aliphatic carbocycles. The van der Waals surface area contributed by atoms with Gasteiger partial charge in [-0.3, -0.25) is 19.5 Å². The van der Waals surface area contributed by atoms with Gasteiger partial charge in [-0.15, -0.1) is 11.3 Å². The molecule has 0 saturated carbocycles. The molecule has 0 fully saturated rings. The van der Waals surface area contributed by atoms with E-state index in [4.69, 9.17) is 0 Å². The lowest BCUT2D eigenvalue weighted by atomic mass is 10.1. The number of rotatable bonds is 7. The van der Waals surface area contributed by atoms with E-state index in [1.165, 1.54) is 39.8 Å². The molecule has 0 unspecified atom stereocenters. The third-order valence-electron chi connectivity index (χ3n) is 6.78. The molecule has 2 aromatic carbocycles. The highest BCUT2D eigenvalue weighted by Gasteiger charge is 2.25. The Labute approximate surface area is 239 Å². The highest BCUT2D eigenvalue weighted by molar-refractivity contribution is 7.22. The van der Waals surface area contributed by atoms with Crippen LogP contribution in [0.2, 0.25) is 0 Å². The Kier molecular flexibility index (Phi) is 6.71. The van der Waals surface area contributed by atoms with E-state index >= 15 is 0 Å². The number of nitrogens with zero attached hydrogens (tertiary/aromatic N) is 7. The number of halogens is 2. The van der Waals surface area contributed by atoms with Crippen LogP contribution in [0.1, 0.15) is 11.1 Å². The average molecular weight is 590 g/mol. The summed E-state index contributed by atoms with van der Waals surface area (Å²) in [6.07, 6.45) is 2.80. The molecule has 14 heteroatoms. The minimum absolute atomic E-state index is 0.105. The summed E-state index contributed by atoms with van der Waals surface area (Å²) in [6.45, 7) is -0.211. The molecule has 11 nitrogen and oxygen atoms in total. The second-order valence-electron chi connectivity index (χ2n) is 9.79. The second-order valence-corrected chi connectivity index (χ2v) is 10.8. The van der Waals surface area contributed by atoms with Gasteiger partial charge in [0, 0.05) is 29.1 Å². The van der Waals surface area contributed by atoms with Crippen LogP contribution in [0.3, 0.4) is 0 Å². The maximum atomic E-state index is 14.8. The van der Waals surface area contributed by atoms with Crippen molar-refractivity contribution < 1.29 is 13.7 Å². The van der Waals surface area contributed by atoms with Crippen LogP contribution < -0.4 is 11.2 Å². The Morgan fingerprint density at radius 2 is 1.71 bits per heavy atom. The molecule has 6 aromatic rings. The van der Waals surface area contributed by atoms with Crippen molar-refractivity contribution in [3.05, 3.63) is 121 Å². The number of benzene rings is 2. The zero-order chi connectivity index (χ0) is 29.7. The third kappa shape index (κ3) is 4.55. The molecule has 0 atom stereocenters. The van der Waals surface area contributed by atoms with Gasteiger partial charge in [0.05, 0.1) is 28.7 Å². The summed E-state index contributed by atoms with van der Waals surface area (Å²) in [6, 6.07) is 12.4. The normalized spacial score (nSPS) is 11.6. The summed E-state index contributed by atoms with van der Waals surface area (Å²) in [5.41, 5.74) is -0.0352. The van der Waals surface area contributed by atoms with Crippen LogP contribution in [0.15, 0.2) is 76.7 Å². The van der Waals surface area contributed by atoms with Gasteiger partial charge in [0.25, 0.3) is 11.2 Å². The van der Waals surface area contributed by atoms with Crippen LogP contribution >= 0.6 is 11.3 Å². The maximum absolute atomic E-state index is 14.8. The van der Waals surface area contributed by atoms with E-state index < -0.39 is 34.4 Å². The fourth-order valence-corrected chi connectivity index (χ4v) is 6.15. The van der Waals surface area contributed by atoms with Gasteiger partial charge in [-0.05, 0) is 61.6 Å². The Morgan fingerprint density at radius 3 is 2.38 bits per heavy atom. The molecular weight excluding hydrogens is 568 g/mol. The molecule has 0 saturated heterocycles. The number of hydrogen-bond acceptors (Lipinski definition) is 8. The molecule has 0 spiro atoms. The first-order chi connectivity index (χ1) is 20.1. The summed E-state index contributed by atoms with van der Waals surface area (Å²) in [4.78, 5) is 45.7. The average Bonchev–Trinajstić information content (AvgIpc) is 3.57. The van der Waals surface area contributed by atoms with Gasteiger partial charge in [0.2, 0.25) is 0 Å². The molecule has 0 N–H and O–H groups in total.